The summed E-state index contributed by atoms with van der Waals surface area (Å²) < 4.78 is 10.6. The lowest BCUT2D eigenvalue weighted by Gasteiger charge is -2.28. The first-order valence-corrected chi connectivity index (χ1v) is 8.90. The second-order valence-electron chi connectivity index (χ2n) is 5.74. The van der Waals surface area contributed by atoms with Gasteiger partial charge in [0.25, 0.3) is 5.91 Å². The standard InChI is InChI=1S/C18H20N2O4S/c1-12(16(19)21)24-18(22)15-11-14(13-5-3-2-4-6-13)17(25-15)20-7-9-23-10-8-20/h2-6,11-12H,7-10H2,1H3,(H2,19,21). The molecule has 2 heterocycles. The van der Waals surface area contributed by atoms with Gasteiger partial charge in [0.05, 0.1) is 18.2 Å². The summed E-state index contributed by atoms with van der Waals surface area (Å²) in [5.74, 6) is -1.20. The molecule has 1 fully saturated rings. The van der Waals surface area contributed by atoms with Crippen molar-refractivity contribution in [2.24, 2.45) is 5.73 Å². The Morgan fingerprint density at radius 2 is 1.92 bits per heavy atom. The maximum Gasteiger partial charge on any atom is 0.349 e. The molecule has 1 saturated heterocycles. The molecule has 132 valence electrons. The number of rotatable bonds is 5. The van der Waals surface area contributed by atoms with Crippen LogP contribution in [-0.4, -0.2) is 44.3 Å². The SMILES string of the molecule is CC(OC(=O)c1cc(-c2ccccc2)c(N2CCOCC2)s1)C(N)=O. The molecule has 0 saturated carbocycles. The predicted octanol–water partition coefficient (Wildman–Crippen LogP) is 2.28. The summed E-state index contributed by atoms with van der Waals surface area (Å²) in [6.45, 7) is 4.32. The third kappa shape index (κ3) is 4.00. The van der Waals surface area contributed by atoms with Gasteiger partial charge in [0.1, 0.15) is 4.88 Å². The van der Waals surface area contributed by atoms with Crippen LogP contribution in [0.5, 0.6) is 0 Å². The van der Waals surface area contributed by atoms with E-state index in [9.17, 15) is 9.59 Å². The molecule has 6 nitrogen and oxygen atoms in total. The van der Waals surface area contributed by atoms with Gasteiger partial charge in [0.15, 0.2) is 6.10 Å². The first-order valence-electron chi connectivity index (χ1n) is 8.08. The van der Waals surface area contributed by atoms with Crippen molar-refractivity contribution in [3.05, 3.63) is 41.3 Å². The van der Waals surface area contributed by atoms with Gasteiger partial charge >= 0.3 is 5.97 Å². The monoisotopic (exact) mass is 360 g/mol. The van der Waals surface area contributed by atoms with Gasteiger partial charge in [0, 0.05) is 18.7 Å². The smallest absolute Gasteiger partial charge is 0.349 e. The highest BCUT2D eigenvalue weighted by Crippen LogP contribution is 2.39. The number of thiophene rings is 1. The van der Waals surface area contributed by atoms with Crippen molar-refractivity contribution < 1.29 is 19.1 Å². The van der Waals surface area contributed by atoms with Crippen LogP contribution in [0.3, 0.4) is 0 Å². The largest absolute Gasteiger partial charge is 0.448 e. The van der Waals surface area contributed by atoms with Crippen molar-refractivity contribution in [3.8, 4) is 11.1 Å². The molecule has 3 rings (SSSR count). The fourth-order valence-corrected chi connectivity index (χ4v) is 3.70. The first-order chi connectivity index (χ1) is 12.1. The highest BCUT2D eigenvalue weighted by atomic mass is 32.1. The topological polar surface area (TPSA) is 81.9 Å². The lowest BCUT2D eigenvalue weighted by molar-refractivity contribution is -0.125. The number of morpholine rings is 1. The number of carbonyl (C=O) groups excluding carboxylic acids is 2. The van der Waals surface area contributed by atoms with E-state index in [1.54, 1.807) is 0 Å². The second kappa shape index (κ2) is 7.67. The molecular formula is C18H20N2O4S. The number of amides is 1. The van der Waals surface area contributed by atoms with E-state index >= 15 is 0 Å². The van der Waals surface area contributed by atoms with Gasteiger partial charge < -0.3 is 20.1 Å². The van der Waals surface area contributed by atoms with E-state index in [-0.39, 0.29) is 0 Å². The molecule has 1 amide bonds. The Balaban J connectivity index is 1.94. The number of carbonyl (C=O) groups is 2. The zero-order valence-electron chi connectivity index (χ0n) is 13.9. The lowest BCUT2D eigenvalue weighted by Crippen LogP contribution is -2.35. The molecule has 2 aromatic rings. The van der Waals surface area contributed by atoms with Crippen LogP contribution in [0.2, 0.25) is 0 Å². The zero-order valence-corrected chi connectivity index (χ0v) is 14.8. The number of nitrogens with zero attached hydrogens (tertiary/aromatic N) is 1. The summed E-state index contributed by atoms with van der Waals surface area (Å²) >= 11 is 1.37. The Kier molecular flexibility index (Phi) is 5.35. The molecule has 1 unspecified atom stereocenters. The maximum atomic E-state index is 12.4. The van der Waals surface area contributed by atoms with Gasteiger partial charge in [-0.1, -0.05) is 30.3 Å². The van der Waals surface area contributed by atoms with E-state index in [1.807, 2.05) is 36.4 Å². The van der Waals surface area contributed by atoms with Crippen LogP contribution in [0, 0.1) is 0 Å². The number of primary amides is 1. The normalized spacial score (nSPS) is 15.6. The zero-order chi connectivity index (χ0) is 17.8. The second-order valence-corrected chi connectivity index (χ2v) is 6.78. The average molecular weight is 360 g/mol. The molecule has 0 aliphatic carbocycles. The summed E-state index contributed by atoms with van der Waals surface area (Å²) in [6, 6.07) is 11.7. The van der Waals surface area contributed by atoms with E-state index in [2.05, 4.69) is 4.90 Å². The molecule has 0 radical (unpaired) electrons. The molecule has 1 aliphatic rings. The van der Waals surface area contributed by atoms with Crippen molar-refractivity contribution in [2.45, 2.75) is 13.0 Å². The quantitative estimate of drug-likeness (QED) is 0.827. The van der Waals surface area contributed by atoms with Gasteiger partial charge in [-0.3, -0.25) is 4.79 Å². The number of hydrogen-bond donors (Lipinski definition) is 1. The molecule has 0 bridgehead atoms. The van der Waals surface area contributed by atoms with E-state index in [0.29, 0.717) is 18.1 Å². The van der Waals surface area contributed by atoms with Gasteiger partial charge in [-0.05, 0) is 18.6 Å². The molecular weight excluding hydrogens is 340 g/mol. The van der Waals surface area contributed by atoms with Gasteiger partial charge in [-0.15, -0.1) is 11.3 Å². The number of benzene rings is 1. The Labute approximate surface area is 150 Å². The van der Waals surface area contributed by atoms with Crippen LogP contribution in [0.4, 0.5) is 5.00 Å². The summed E-state index contributed by atoms with van der Waals surface area (Å²) in [4.78, 5) is 26.2. The van der Waals surface area contributed by atoms with Crippen LogP contribution in [0.15, 0.2) is 36.4 Å². The van der Waals surface area contributed by atoms with Crippen LogP contribution in [0.1, 0.15) is 16.6 Å². The van der Waals surface area contributed by atoms with Crippen molar-refractivity contribution in [3.63, 3.8) is 0 Å². The molecule has 25 heavy (non-hydrogen) atoms. The summed E-state index contributed by atoms with van der Waals surface area (Å²) in [7, 11) is 0. The molecule has 1 aromatic heterocycles. The Morgan fingerprint density at radius 3 is 2.56 bits per heavy atom. The minimum absolute atomic E-state index is 0.452. The number of ether oxygens (including phenoxy) is 2. The van der Waals surface area contributed by atoms with E-state index < -0.39 is 18.0 Å². The van der Waals surface area contributed by atoms with E-state index in [0.717, 1.165) is 29.2 Å². The van der Waals surface area contributed by atoms with Crippen molar-refractivity contribution >= 4 is 28.2 Å². The Morgan fingerprint density at radius 1 is 1.24 bits per heavy atom. The van der Waals surface area contributed by atoms with Gasteiger partial charge in [-0.25, -0.2) is 4.79 Å². The van der Waals surface area contributed by atoms with E-state index in [4.69, 9.17) is 15.2 Å². The highest BCUT2D eigenvalue weighted by Gasteiger charge is 2.24. The minimum Gasteiger partial charge on any atom is -0.448 e. The van der Waals surface area contributed by atoms with Crippen LogP contribution in [0.25, 0.3) is 11.1 Å². The molecule has 2 N–H and O–H groups in total. The average Bonchev–Trinajstić information content (AvgIpc) is 3.08. The highest BCUT2D eigenvalue weighted by molar-refractivity contribution is 7.18. The van der Waals surface area contributed by atoms with Crippen LogP contribution in [-0.2, 0) is 14.3 Å². The third-order valence-corrected chi connectivity index (χ3v) is 5.16. The van der Waals surface area contributed by atoms with Crippen LogP contribution >= 0.6 is 11.3 Å². The fourth-order valence-electron chi connectivity index (χ4n) is 2.58. The number of anilines is 1. The summed E-state index contributed by atoms with van der Waals surface area (Å²) in [6.07, 6.45) is -0.957. The molecule has 1 aliphatic heterocycles. The fraction of sp³-hybridized carbons (Fsp3) is 0.333. The molecule has 0 spiro atoms. The predicted molar refractivity (Wildman–Crippen MR) is 96.9 cm³/mol. The van der Waals surface area contributed by atoms with E-state index in [1.165, 1.54) is 18.3 Å². The number of hydrogen-bond acceptors (Lipinski definition) is 6. The van der Waals surface area contributed by atoms with Crippen molar-refractivity contribution in [1.82, 2.24) is 0 Å². The van der Waals surface area contributed by atoms with Gasteiger partial charge in [-0.2, -0.15) is 0 Å². The third-order valence-electron chi connectivity index (χ3n) is 3.98. The molecule has 7 heteroatoms. The number of esters is 1. The van der Waals surface area contributed by atoms with Gasteiger partial charge in [0.2, 0.25) is 0 Å². The maximum absolute atomic E-state index is 12.4. The molecule has 1 atom stereocenters. The summed E-state index contributed by atoms with van der Waals surface area (Å²) in [5.41, 5.74) is 7.18. The Bertz CT molecular complexity index is 754. The lowest BCUT2D eigenvalue weighted by atomic mass is 10.1. The minimum atomic E-state index is -0.957. The van der Waals surface area contributed by atoms with Crippen molar-refractivity contribution in [2.75, 3.05) is 31.2 Å². The first kappa shape index (κ1) is 17.4. The summed E-state index contributed by atoms with van der Waals surface area (Å²) in [5, 5.41) is 1.01. The Hall–Kier alpha value is -2.38. The van der Waals surface area contributed by atoms with Crippen LogP contribution < -0.4 is 10.6 Å². The number of nitrogens with two attached hydrogens (primary N) is 1. The van der Waals surface area contributed by atoms with Crippen molar-refractivity contribution in [1.29, 1.82) is 0 Å². The molecule has 1 aromatic carbocycles.